The van der Waals surface area contributed by atoms with Gasteiger partial charge in [0, 0.05) is 51.3 Å². The van der Waals surface area contributed by atoms with Crippen molar-refractivity contribution in [1.29, 1.82) is 0 Å². The summed E-state index contributed by atoms with van der Waals surface area (Å²) in [7, 11) is 1.90. The van der Waals surface area contributed by atoms with Gasteiger partial charge in [-0.05, 0) is 68.1 Å². The number of likely N-dealkylation sites (tertiary alicyclic amines) is 2. The summed E-state index contributed by atoms with van der Waals surface area (Å²) in [6, 6.07) is 24.7. The van der Waals surface area contributed by atoms with Crippen LogP contribution in [0.1, 0.15) is 41.6 Å². The molecule has 9 heteroatoms. The number of carbonyl (C=O) groups is 3. The van der Waals surface area contributed by atoms with E-state index in [1.54, 1.807) is 12.1 Å². The molecule has 2 saturated heterocycles. The Balaban J connectivity index is 0.990. The number of piperidine rings is 2. The number of ether oxygens (including phenoxy) is 1. The zero-order valence-electron chi connectivity index (χ0n) is 25.4. The Bertz CT molecular complexity index is 1400. The molecule has 0 unspecified atom stereocenters. The normalized spacial score (nSPS) is 16.8. The number of carbonyl (C=O) groups excluding carboxylic acids is 2. The molecule has 44 heavy (non-hydrogen) atoms. The SMILES string of the molecule is CN(CCN1CCC(OC(=O)Nc2ccccc2-c2ccccc2)CC1)C(=O)C1CCN(Cc2ccc(C(=O)O)cc2)CC1. The van der Waals surface area contributed by atoms with Crippen LogP contribution in [0.5, 0.6) is 0 Å². The molecule has 9 nitrogen and oxygen atoms in total. The second-order valence-electron chi connectivity index (χ2n) is 11.8. The van der Waals surface area contributed by atoms with Gasteiger partial charge in [0.25, 0.3) is 0 Å². The molecule has 0 saturated carbocycles. The summed E-state index contributed by atoms with van der Waals surface area (Å²) in [5, 5.41) is 12.0. The molecule has 2 N–H and O–H groups in total. The molecule has 3 aromatic carbocycles. The van der Waals surface area contributed by atoms with Crippen LogP contribution in [-0.2, 0) is 16.1 Å². The van der Waals surface area contributed by atoms with E-state index in [9.17, 15) is 14.4 Å². The van der Waals surface area contributed by atoms with E-state index in [1.807, 2.05) is 78.7 Å². The number of nitrogens with zero attached hydrogens (tertiary/aromatic N) is 3. The number of likely N-dealkylation sites (N-methyl/N-ethyl adjacent to an activating group) is 1. The smallest absolute Gasteiger partial charge is 0.411 e. The Hall–Kier alpha value is -4.21. The molecule has 0 radical (unpaired) electrons. The zero-order chi connectivity index (χ0) is 30.9. The molecule has 2 amide bonds. The first-order valence-electron chi connectivity index (χ1n) is 15.5. The van der Waals surface area contributed by atoms with Gasteiger partial charge in [0.15, 0.2) is 0 Å². The van der Waals surface area contributed by atoms with Crippen molar-refractivity contribution in [1.82, 2.24) is 14.7 Å². The Labute approximate surface area is 259 Å². The molecular weight excluding hydrogens is 556 g/mol. The van der Waals surface area contributed by atoms with Crippen molar-refractivity contribution in [3.8, 4) is 11.1 Å². The molecule has 2 heterocycles. The van der Waals surface area contributed by atoms with Crippen molar-refractivity contribution >= 4 is 23.7 Å². The van der Waals surface area contributed by atoms with Crippen LogP contribution in [0.3, 0.4) is 0 Å². The van der Waals surface area contributed by atoms with Gasteiger partial charge < -0.3 is 19.6 Å². The highest BCUT2D eigenvalue weighted by Crippen LogP contribution is 2.28. The average molecular weight is 599 g/mol. The third-order valence-corrected chi connectivity index (χ3v) is 8.73. The van der Waals surface area contributed by atoms with Crippen LogP contribution < -0.4 is 5.32 Å². The largest absolute Gasteiger partial charge is 0.478 e. The van der Waals surface area contributed by atoms with Crippen LogP contribution in [0.25, 0.3) is 11.1 Å². The summed E-state index contributed by atoms with van der Waals surface area (Å²) in [6.07, 6.45) is 2.63. The van der Waals surface area contributed by atoms with Crippen LogP contribution in [0.2, 0.25) is 0 Å². The summed E-state index contributed by atoms with van der Waals surface area (Å²) in [6.45, 7) is 5.60. The Kier molecular flexibility index (Phi) is 10.6. The zero-order valence-corrected chi connectivity index (χ0v) is 25.4. The number of carboxylic acids is 1. The number of benzene rings is 3. The highest BCUT2D eigenvalue weighted by Gasteiger charge is 2.28. The van der Waals surface area contributed by atoms with E-state index in [1.165, 1.54) is 0 Å². The van der Waals surface area contributed by atoms with Gasteiger partial charge in [-0.1, -0.05) is 60.7 Å². The van der Waals surface area contributed by atoms with Gasteiger partial charge in [-0.25, -0.2) is 9.59 Å². The van der Waals surface area contributed by atoms with E-state index < -0.39 is 12.1 Å². The summed E-state index contributed by atoms with van der Waals surface area (Å²) in [5.74, 6) is -0.670. The van der Waals surface area contributed by atoms with Crippen LogP contribution in [0, 0.1) is 5.92 Å². The lowest BCUT2D eigenvalue weighted by Gasteiger charge is -2.35. The molecule has 0 spiro atoms. The van der Waals surface area contributed by atoms with Gasteiger partial charge >= 0.3 is 12.1 Å². The molecule has 2 aliphatic rings. The Morgan fingerprint density at radius 3 is 2.16 bits per heavy atom. The maximum absolute atomic E-state index is 13.1. The Morgan fingerprint density at radius 2 is 1.48 bits per heavy atom. The summed E-state index contributed by atoms with van der Waals surface area (Å²) >= 11 is 0. The lowest BCUT2D eigenvalue weighted by molar-refractivity contribution is -0.136. The number of hydrogen-bond acceptors (Lipinski definition) is 6. The van der Waals surface area contributed by atoms with Crippen molar-refractivity contribution in [2.75, 3.05) is 51.6 Å². The highest BCUT2D eigenvalue weighted by molar-refractivity contribution is 5.91. The quantitative estimate of drug-likeness (QED) is 0.321. The van der Waals surface area contributed by atoms with E-state index in [0.717, 1.165) is 87.3 Å². The third-order valence-electron chi connectivity index (χ3n) is 8.73. The molecule has 232 valence electrons. The molecule has 0 atom stereocenters. The molecular formula is C35H42N4O5. The number of aromatic carboxylic acids is 1. The first kappa shape index (κ1) is 31.2. The van der Waals surface area contributed by atoms with E-state index >= 15 is 0 Å². The fraction of sp³-hybridized carbons (Fsp3) is 0.400. The summed E-state index contributed by atoms with van der Waals surface area (Å²) in [4.78, 5) is 43.5. The first-order valence-corrected chi connectivity index (χ1v) is 15.5. The predicted molar refractivity (Wildman–Crippen MR) is 170 cm³/mol. The van der Waals surface area contributed by atoms with Gasteiger partial charge in [-0.2, -0.15) is 0 Å². The number of anilines is 1. The van der Waals surface area contributed by atoms with E-state index in [2.05, 4.69) is 15.1 Å². The summed E-state index contributed by atoms with van der Waals surface area (Å²) in [5.41, 5.74) is 4.09. The van der Waals surface area contributed by atoms with Crippen LogP contribution in [-0.4, -0.2) is 90.2 Å². The minimum atomic E-state index is -0.917. The number of hydrogen-bond donors (Lipinski definition) is 2. The van der Waals surface area contributed by atoms with Gasteiger partial charge in [-0.15, -0.1) is 0 Å². The molecule has 2 fully saturated rings. The van der Waals surface area contributed by atoms with E-state index in [0.29, 0.717) is 12.1 Å². The van der Waals surface area contributed by atoms with Crippen molar-refractivity contribution in [2.24, 2.45) is 5.92 Å². The number of para-hydroxylation sites is 1. The lowest BCUT2D eigenvalue weighted by atomic mass is 9.95. The fourth-order valence-corrected chi connectivity index (χ4v) is 6.07. The predicted octanol–water partition coefficient (Wildman–Crippen LogP) is 5.44. The minimum Gasteiger partial charge on any atom is -0.478 e. The van der Waals surface area contributed by atoms with Crippen molar-refractivity contribution in [3.05, 3.63) is 90.0 Å². The van der Waals surface area contributed by atoms with Gasteiger partial charge in [0.1, 0.15) is 6.10 Å². The van der Waals surface area contributed by atoms with Crippen LogP contribution in [0.15, 0.2) is 78.9 Å². The maximum Gasteiger partial charge on any atom is 0.411 e. The lowest BCUT2D eigenvalue weighted by Crippen LogP contribution is -2.45. The van der Waals surface area contributed by atoms with Crippen molar-refractivity contribution < 1.29 is 24.2 Å². The molecule has 0 bridgehead atoms. The second kappa shape index (κ2) is 15.0. The van der Waals surface area contributed by atoms with Gasteiger partial charge in [-0.3, -0.25) is 15.0 Å². The number of nitrogens with one attached hydrogen (secondary N) is 1. The van der Waals surface area contributed by atoms with Gasteiger partial charge in [0.05, 0.1) is 11.3 Å². The molecule has 0 aromatic heterocycles. The number of carboxylic acid groups (broad SMARTS) is 1. The van der Waals surface area contributed by atoms with Crippen LogP contribution in [0.4, 0.5) is 10.5 Å². The molecule has 3 aromatic rings. The fourth-order valence-electron chi connectivity index (χ4n) is 6.07. The Morgan fingerprint density at radius 1 is 0.841 bits per heavy atom. The monoisotopic (exact) mass is 598 g/mol. The summed E-state index contributed by atoms with van der Waals surface area (Å²) < 4.78 is 5.77. The second-order valence-corrected chi connectivity index (χ2v) is 11.8. The molecule has 2 aliphatic heterocycles. The van der Waals surface area contributed by atoms with Crippen molar-refractivity contribution in [3.63, 3.8) is 0 Å². The van der Waals surface area contributed by atoms with Crippen molar-refractivity contribution in [2.45, 2.75) is 38.3 Å². The third kappa shape index (κ3) is 8.45. The van der Waals surface area contributed by atoms with Gasteiger partial charge in [0.2, 0.25) is 5.91 Å². The highest BCUT2D eigenvalue weighted by atomic mass is 16.6. The first-order chi connectivity index (χ1) is 21.4. The molecule has 0 aliphatic carbocycles. The molecule has 5 rings (SSSR count). The minimum absolute atomic E-state index is 0.0373. The number of amides is 2. The van der Waals surface area contributed by atoms with E-state index in [4.69, 9.17) is 9.84 Å². The standard InChI is InChI=1S/C35H42N4O5/c1-37(33(40)28-15-19-39(20-16-28)25-26-11-13-29(14-12-26)34(41)42)23-24-38-21-17-30(18-22-38)44-35(43)36-32-10-6-5-9-31(32)27-7-3-2-4-8-27/h2-14,28,30H,15-25H2,1H3,(H,36,43)(H,41,42). The maximum atomic E-state index is 13.1. The number of rotatable bonds is 10. The topological polar surface area (TPSA) is 102 Å². The van der Waals surface area contributed by atoms with E-state index in [-0.39, 0.29) is 17.9 Å². The van der Waals surface area contributed by atoms with Crippen LogP contribution >= 0.6 is 0 Å². The average Bonchev–Trinajstić information content (AvgIpc) is 3.05.